The molecule has 0 bridgehead atoms. The summed E-state index contributed by atoms with van der Waals surface area (Å²) in [6.07, 6.45) is 0.860. The van der Waals surface area contributed by atoms with E-state index in [1.165, 1.54) is 7.11 Å². The van der Waals surface area contributed by atoms with Gasteiger partial charge in [0.2, 0.25) is 10.0 Å². The van der Waals surface area contributed by atoms with Gasteiger partial charge in [0.05, 0.1) is 11.9 Å². The van der Waals surface area contributed by atoms with E-state index in [2.05, 4.69) is 10.0 Å². The smallest absolute Gasteiger partial charge is 0.216 e. The summed E-state index contributed by atoms with van der Waals surface area (Å²) in [5.41, 5.74) is 0. The Hall–Kier alpha value is 0.120. The van der Waals surface area contributed by atoms with Crippen LogP contribution >= 0.6 is 12.4 Å². The topological polar surface area (TPSA) is 67.4 Å². The third-order valence-corrected chi connectivity index (χ3v) is 4.18. The molecule has 1 aliphatic heterocycles. The summed E-state index contributed by atoms with van der Waals surface area (Å²) in [7, 11) is -1.72. The molecule has 5 nitrogen and oxygen atoms in total. The molecule has 1 saturated heterocycles. The minimum atomic E-state index is -3.22. The fourth-order valence-electron chi connectivity index (χ4n) is 1.43. The first-order valence-electron chi connectivity index (χ1n) is 4.77. The Morgan fingerprint density at radius 2 is 2.27 bits per heavy atom. The van der Waals surface area contributed by atoms with Crippen LogP contribution in [-0.4, -0.2) is 46.5 Å². The molecule has 92 valence electrons. The molecule has 0 aliphatic carbocycles. The fraction of sp³-hybridized carbons (Fsp3) is 1.00. The standard InChI is InChI=1S/C8H18N2O3S.ClH/c1-7(6-13-2)14(11,12)10-8-3-4-9-5-8;/h7-10H,3-6H2,1-2H3;1H. The van der Waals surface area contributed by atoms with Crippen LogP contribution in [0.1, 0.15) is 13.3 Å². The van der Waals surface area contributed by atoms with Crippen LogP contribution in [0.15, 0.2) is 0 Å². The molecule has 0 amide bonds. The molecule has 1 fully saturated rings. The van der Waals surface area contributed by atoms with Crippen molar-refractivity contribution in [3.05, 3.63) is 0 Å². The fourth-order valence-corrected chi connectivity index (χ4v) is 2.64. The zero-order valence-corrected chi connectivity index (χ0v) is 10.7. The Labute approximate surface area is 97.4 Å². The summed E-state index contributed by atoms with van der Waals surface area (Å²) >= 11 is 0. The van der Waals surface area contributed by atoms with Gasteiger partial charge in [-0.05, 0) is 19.9 Å². The van der Waals surface area contributed by atoms with Crippen molar-refractivity contribution < 1.29 is 13.2 Å². The van der Waals surface area contributed by atoms with E-state index in [9.17, 15) is 8.42 Å². The zero-order valence-electron chi connectivity index (χ0n) is 9.02. The van der Waals surface area contributed by atoms with E-state index in [0.29, 0.717) is 0 Å². The Balaban J connectivity index is 0.00000196. The van der Waals surface area contributed by atoms with Crippen LogP contribution in [0, 0.1) is 0 Å². The van der Waals surface area contributed by atoms with Crippen LogP contribution in [0.25, 0.3) is 0 Å². The van der Waals surface area contributed by atoms with Gasteiger partial charge in [-0.2, -0.15) is 0 Å². The summed E-state index contributed by atoms with van der Waals surface area (Å²) in [6, 6.07) is 0.0410. The second-order valence-electron chi connectivity index (χ2n) is 3.62. The van der Waals surface area contributed by atoms with E-state index in [0.717, 1.165) is 19.5 Å². The van der Waals surface area contributed by atoms with E-state index >= 15 is 0 Å². The second kappa shape index (κ2) is 6.65. The minimum Gasteiger partial charge on any atom is -0.383 e. The lowest BCUT2D eigenvalue weighted by atomic mass is 10.3. The van der Waals surface area contributed by atoms with Crippen LogP contribution < -0.4 is 10.0 Å². The molecule has 0 aromatic carbocycles. The van der Waals surface area contributed by atoms with Crippen molar-refractivity contribution >= 4 is 22.4 Å². The molecule has 2 N–H and O–H groups in total. The number of rotatable bonds is 5. The summed E-state index contributed by atoms with van der Waals surface area (Å²) in [4.78, 5) is 0. The number of nitrogens with one attached hydrogen (secondary N) is 2. The predicted octanol–water partition coefficient (Wildman–Crippen LogP) is -0.276. The van der Waals surface area contributed by atoms with Gasteiger partial charge in [-0.3, -0.25) is 0 Å². The maximum atomic E-state index is 11.7. The Morgan fingerprint density at radius 1 is 1.60 bits per heavy atom. The summed E-state index contributed by atoms with van der Waals surface area (Å²) in [5, 5.41) is 2.62. The normalized spacial score (nSPS) is 23.5. The van der Waals surface area contributed by atoms with Gasteiger partial charge in [-0.15, -0.1) is 12.4 Å². The molecule has 1 aliphatic rings. The predicted molar refractivity (Wildman–Crippen MR) is 61.9 cm³/mol. The first-order valence-corrected chi connectivity index (χ1v) is 6.31. The van der Waals surface area contributed by atoms with Gasteiger partial charge in [0.15, 0.2) is 0 Å². The third-order valence-electron chi connectivity index (χ3n) is 2.32. The van der Waals surface area contributed by atoms with Gasteiger partial charge in [-0.1, -0.05) is 0 Å². The van der Waals surface area contributed by atoms with E-state index < -0.39 is 15.3 Å². The van der Waals surface area contributed by atoms with E-state index in [4.69, 9.17) is 4.74 Å². The van der Waals surface area contributed by atoms with Gasteiger partial charge in [-0.25, -0.2) is 13.1 Å². The largest absolute Gasteiger partial charge is 0.383 e. The first-order chi connectivity index (χ1) is 6.56. The quantitative estimate of drug-likeness (QED) is 0.712. The van der Waals surface area contributed by atoms with Gasteiger partial charge in [0.25, 0.3) is 0 Å². The van der Waals surface area contributed by atoms with Crippen molar-refractivity contribution in [2.24, 2.45) is 0 Å². The van der Waals surface area contributed by atoms with Crippen LogP contribution in [0.5, 0.6) is 0 Å². The molecule has 0 saturated carbocycles. The molecule has 0 spiro atoms. The summed E-state index contributed by atoms with van der Waals surface area (Å²) < 4.78 is 30.8. The van der Waals surface area contributed by atoms with Gasteiger partial charge in [0.1, 0.15) is 0 Å². The highest BCUT2D eigenvalue weighted by Gasteiger charge is 2.25. The molecule has 0 aromatic heterocycles. The van der Waals surface area contributed by atoms with Crippen LogP contribution in [0.4, 0.5) is 0 Å². The van der Waals surface area contributed by atoms with Gasteiger partial charge in [0, 0.05) is 19.7 Å². The lowest BCUT2D eigenvalue weighted by Gasteiger charge is -2.16. The number of halogens is 1. The maximum Gasteiger partial charge on any atom is 0.216 e. The molecule has 2 unspecified atom stereocenters. The molecule has 1 heterocycles. The average Bonchev–Trinajstić information content (AvgIpc) is 2.56. The first kappa shape index (κ1) is 15.1. The van der Waals surface area contributed by atoms with Crippen molar-refractivity contribution in [1.29, 1.82) is 0 Å². The molecule has 1 rings (SSSR count). The van der Waals surface area contributed by atoms with E-state index in [-0.39, 0.29) is 25.1 Å². The van der Waals surface area contributed by atoms with E-state index in [1.807, 2.05) is 0 Å². The number of hydrogen-bond acceptors (Lipinski definition) is 4. The molecule has 7 heteroatoms. The van der Waals surface area contributed by atoms with Crippen LogP contribution in [-0.2, 0) is 14.8 Å². The molecular weight excluding hydrogens is 240 g/mol. The molecular formula is C8H19ClN2O3S. The SMILES string of the molecule is COCC(C)S(=O)(=O)NC1CCNC1.Cl. The maximum absolute atomic E-state index is 11.7. The zero-order chi connectivity index (χ0) is 10.6. The van der Waals surface area contributed by atoms with E-state index in [1.54, 1.807) is 6.92 Å². The highest BCUT2D eigenvalue weighted by Crippen LogP contribution is 2.04. The average molecular weight is 259 g/mol. The highest BCUT2D eigenvalue weighted by molar-refractivity contribution is 7.90. The second-order valence-corrected chi connectivity index (χ2v) is 5.75. The summed E-state index contributed by atoms with van der Waals surface area (Å²) in [6.45, 7) is 3.48. The van der Waals surface area contributed by atoms with Crippen molar-refractivity contribution in [2.75, 3.05) is 26.8 Å². The van der Waals surface area contributed by atoms with Gasteiger partial charge < -0.3 is 10.1 Å². The van der Waals surface area contributed by atoms with Gasteiger partial charge >= 0.3 is 0 Å². The van der Waals surface area contributed by atoms with Crippen molar-refractivity contribution in [3.63, 3.8) is 0 Å². The lowest BCUT2D eigenvalue weighted by Crippen LogP contribution is -2.42. The molecule has 0 aromatic rings. The Bertz CT molecular complexity index is 265. The highest BCUT2D eigenvalue weighted by atomic mass is 35.5. The number of methoxy groups -OCH3 is 1. The molecule has 2 atom stereocenters. The third kappa shape index (κ3) is 4.65. The molecule has 0 radical (unpaired) electrons. The monoisotopic (exact) mass is 258 g/mol. The Morgan fingerprint density at radius 3 is 2.73 bits per heavy atom. The number of sulfonamides is 1. The minimum absolute atomic E-state index is 0. The number of hydrogen-bond donors (Lipinski definition) is 2. The van der Waals surface area contributed by atoms with Crippen LogP contribution in [0.2, 0.25) is 0 Å². The Kier molecular flexibility index (Phi) is 6.70. The number of ether oxygens (including phenoxy) is 1. The van der Waals surface area contributed by atoms with Crippen molar-refractivity contribution in [2.45, 2.75) is 24.6 Å². The van der Waals surface area contributed by atoms with Crippen LogP contribution in [0.3, 0.4) is 0 Å². The lowest BCUT2D eigenvalue weighted by molar-refractivity contribution is 0.200. The molecule has 15 heavy (non-hydrogen) atoms. The van der Waals surface area contributed by atoms with Crippen molar-refractivity contribution in [3.8, 4) is 0 Å². The van der Waals surface area contributed by atoms with Crippen molar-refractivity contribution in [1.82, 2.24) is 10.0 Å². The summed E-state index contributed by atoms with van der Waals surface area (Å²) in [5.74, 6) is 0.